The first-order chi connectivity index (χ1) is 7.99. The standard InChI is InChI=1S/C14H20BrNO/c1-5-11(6-2)14(17)16-13-10(4)7-9(3)8-12(13)15/h7-8,11H,5-6H2,1-4H3,(H,16,17). The number of carbonyl (C=O) groups is 1. The fraction of sp³-hybridized carbons (Fsp3) is 0.500. The van der Waals surface area contributed by atoms with Crippen molar-refractivity contribution in [3.63, 3.8) is 0 Å². The highest BCUT2D eigenvalue weighted by Crippen LogP contribution is 2.28. The molecule has 1 rings (SSSR count). The van der Waals surface area contributed by atoms with E-state index in [1.54, 1.807) is 0 Å². The van der Waals surface area contributed by atoms with Crippen LogP contribution in [-0.4, -0.2) is 5.91 Å². The summed E-state index contributed by atoms with van der Waals surface area (Å²) in [7, 11) is 0. The zero-order valence-electron chi connectivity index (χ0n) is 10.9. The molecular weight excluding hydrogens is 278 g/mol. The molecule has 0 aliphatic heterocycles. The second-order valence-corrected chi connectivity index (χ2v) is 5.30. The summed E-state index contributed by atoms with van der Waals surface area (Å²) in [4.78, 5) is 12.0. The second kappa shape index (κ2) is 6.20. The zero-order chi connectivity index (χ0) is 13.0. The number of amides is 1. The maximum Gasteiger partial charge on any atom is 0.227 e. The van der Waals surface area contributed by atoms with Crippen LogP contribution in [-0.2, 0) is 4.79 Å². The van der Waals surface area contributed by atoms with Gasteiger partial charge in [0.05, 0.1) is 5.69 Å². The molecule has 0 fully saturated rings. The number of benzene rings is 1. The van der Waals surface area contributed by atoms with E-state index in [0.29, 0.717) is 0 Å². The van der Waals surface area contributed by atoms with Crippen LogP contribution in [0, 0.1) is 19.8 Å². The fourth-order valence-electron chi connectivity index (χ4n) is 1.96. The van der Waals surface area contributed by atoms with Crippen molar-refractivity contribution in [2.75, 3.05) is 5.32 Å². The highest BCUT2D eigenvalue weighted by atomic mass is 79.9. The SMILES string of the molecule is CCC(CC)C(=O)Nc1c(C)cc(C)cc1Br. The van der Waals surface area contributed by atoms with Crippen molar-refractivity contribution in [1.29, 1.82) is 0 Å². The van der Waals surface area contributed by atoms with Gasteiger partial charge < -0.3 is 5.32 Å². The molecule has 0 unspecified atom stereocenters. The normalized spacial score (nSPS) is 10.7. The highest BCUT2D eigenvalue weighted by Gasteiger charge is 2.16. The summed E-state index contributed by atoms with van der Waals surface area (Å²) in [5.74, 6) is 0.213. The van der Waals surface area contributed by atoms with Crippen molar-refractivity contribution >= 4 is 27.5 Å². The Labute approximate surface area is 112 Å². The Bertz CT molecular complexity index is 388. The molecule has 0 bridgehead atoms. The van der Waals surface area contributed by atoms with Crippen LogP contribution in [0.2, 0.25) is 0 Å². The summed E-state index contributed by atoms with van der Waals surface area (Å²) in [6.07, 6.45) is 1.76. The van der Waals surface area contributed by atoms with Crippen LogP contribution in [0.15, 0.2) is 16.6 Å². The molecule has 0 spiro atoms. The molecule has 0 atom stereocenters. The molecule has 1 amide bonds. The van der Waals surface area contributed by atoms with Crippen molar-refractivity contribution in [1.82, 2.24) is 0 Å². The Morgan fingerprint density at radius 1 is 1.29 bits per heavy atom. The Morgan fingerprint density at radius 2 is 1.88 bits per heavy atom. The first-order valence-electron chi connectivity index (χ1n) is 6.07. The van der Waals surface area contributed by atoms with Crippen molar-refractivity contribution in [3.05, 3.63) is 27.7 Å². The van der Waals surface area contributed by atoms with Crippen LogP contribution in [0.3, 0.4) is 0 Å². The molecule has 94 valence electrons. The van der Waals surface area contributed by atoms with E-state index in [1.807, 2.05) is 33.8 Å². The smallest absolute Gasteiger partial charge is 0.227 e. The van der Waals surface area contributed by atoms with Gasteiger partial charge in [0.2, 0.25) is 5.91 Å². The molecular formula is C14H20BrNO. The number of carbonyl (C=O) groups excluding carboxylic acids is 1. The van der Waals surface area contributed by atoms with Crippen LogP contribution >= 0.6 is 15.9 Å². The van der Waals surface area contributed by atoms with E-state index in [4.69, 9.17) is 0 Å². The van der Waals surface area contributed by atoms with Gasteiger partial charge in [-0.25, -0.2) is 0 Å². The predicted molar refractivity (Wildman–Crippen MR) is 76.3 cm³/mol. The van der Waals surface area contributed by atoms with Gasteiger partial charge in [0, 0.05) is 10.4 Å². The van der Waals surface area contributed by atoms with E-state index in [1.165, 1.54) is 5.56 Å². The number of hydrogen-bond donors (Lipinski definition) is 1. The Hall–Kier alpha value is -0.830. The van der Waals surface area contributed by atoms with Gasteiger partial charge in [-0.05, 0) is 59.8 Å². The lowest BCUT2D eigenvalue weighted by Gasteiger charge is -2.16. The van der Waals surface area contributed by atoms with E-state index < -0.39 is 0 Å². The second-order valence-electron chi connectivity index (χ2n) is 4.44. The minimum absolute atomic E-state index is 0.0996. The van der Waals surface area contributed by atoms with Gasteiger partial charge in [-0.15, -0.1) is 0 Å². The van der Waals surface area contributed by atoms with E-state index in [9.17, 15) is 4.79 Å². The van der Waals surface area contributed by atoms with Crippen molar-refractivity contribution < 1.29 is 4.79 Å². The van der Waals surface area contributed by atoms with Gasteiger partial charge in [-0.3, -0.25) is 4.79 Å². The molecule has 0 aliphatic carbocycles. The predicted octanol–water partition coefficient (Wildman–Crippen LogP) is 4.44. The average molecular weight is 298 g/mol. The summed E-state index contributed by atoms with van der Waals surface area (Å²) in [6.45, 7) is 8.15. The third-order valence-corrected chi connectivity index (χ3v) is 3.66. The van der Waals surface area contributed by atoms with E-state index in [0.717, 1.165) is 28.6 Å². The quantitative estimate of drug-likeness (QED) is 0.874. The van der Waals surface area contributed by atoms with Crippen LogP contribution in [0.1, 0.15) is 37.8 Å². The number of aryl methyl sites for hydroxylation is 2. The molecule has 0 aromatic heterocycles. The lowest BCUT2D eigenvalue weighted by Crippen LogP contribution is -2.22. The van der Waals surface area contributed by atoms with Crippen molar-refractivity contribution in [2.45, 2.75) is 40.5 Å². The van der Waals surface area contributed by atoms with E-state index in [-0.39, 0.29) is 11.8 Å². The Kier molecular flexibility index (Phi) is 5.19. The van der Waals surface area contributed by atoms with Gasteiger partial charge in [-0.1, -0.05) is 19.9 Å². The van der Waals surface area contributed by atoms with Crippen LogP contribution < -0.4 is 5.32 Å². The van der Waals surface area contributed by atoms with Crippen LogP contribution in [0.25, 0.3) is 0 Å². The molecule has 0 saturated carbocycles. The molecule has 0 saturated heterocycles. The number of rotatable bonds is 4. The van der Waals surface area contributed by atoms with Crippen LogP contribution in [0.4, 0.5) is 5.69 Å². The third-order valence-electron chi connectivity index (χ3n) is 3.04. The monoisotopic (exact) mass is 297 g/mol. The average Bonchev–Trinajstić information content (AvgIpc) is 2.25. The van der Waals surface area contributed by atoms with Gasteiger partial charge in [0.1, 0.15) is 0 Å². The molecule has 3 heteroatoms. The van der Waals surface area contributed by atoms with Gasteiger partial charge in [0.15, 0.2) is 0 Å². The van der Waals surface area contributed by atoms with Crippen molar-refractivity contribution in [3.8, 4) is 0 Å². The summed E-state index contributed by atoms with van der Waals surface area (Å²) < 4.78 is 0.953. The molecule has 17 heavy (non-hydrogen) atoms. The van der Waals surface area contributed by atoms with Gasteiger partial charge in [0.25, 0.3) is 0 Å². The summed E-state index contributed by atoms with van der Waals surface area (Å²) in [5.41, 5.74) is 3.18. The van der Waals surface area contributed by atoms with Gasteiger partial charge in [-0.2, -0.15) is 0 Å². The topological polar surface area (TPSA) is 29.1 Å². The zero-order valence-corrected chi connectivity index (χ0v) is 12.5. The molecule has 0 heterocycles. The minimum Gasteiger partial charge on any atom is -0.325 e. The lowest BCUT2D eigenvalue weighted by molar-refractivity contribution is -0.120. The van der Waals surface area contributed by atoms with Crippen molar-refractivity contribution in [2.24, 2.45) is 5.92 Å². The molecule has 1 N–H and O–H groups in total. The largest absolute Gasteiger partial charge is 0.325 e. The number of hydrogen-bond acceptors (Lipinski definition) is 1. The number of halogens is 1. The first-order valence-corrected chi connectivity index (χ1v) is 6.86. The van der Waals surface area contributed by atoms with E-state index in [2.05, 4.69) is 27.3 Å². The number of nitrogens with one attached hydrogen (secondary N) is 1. The summed E-state index contributed by atoms with van der Waals surface area (Å²) >= 11 is 3.50. The molecule has 2 nitrogen and oxygen atoms in total. The molecule has 0 radical (unpaired) electrons. The third kappa shape index (κ3) is 3.56. The lowest BCUT2D eigenvalue weighted by atomic mass is 10.0. The maximum atomic E-state index is 12.0. The molecule has 1 aromatic rings. The summed E-state index contributed by atoms with van der Waals surface area (Å²) in [5, 5.41) is 3.02. The molecule has 0 aliphatic rings. The highest BCUT2D eigenvalue weighted by molar-refractivity contribution is 9.10. The van der Waals surface area contributed by atoms with Gasteiger partial charge >= 0.3 is 0 Å². The molecule has 1 aromatic carbocycles. The Morgan fingerprint density at radius 3 is 2.35 bits per heavy atom. The fourth-order valence-corrected chi connectivity index (χ4v) is 2.73. The van der Waals surface area contributed by atoms with E-state index >= 15 is 0 Å². The Balaban J connectivity index is 2.92. The summed E-state index contributed by atoms with van der Waals surface area (Å²) in [6, 6.07) is 4.10. The maximum absolute atomic E-state index is 12.0. The first kappa shape index (κ1) is 14.2. The minimum atomic E-state index is 0.0996. The van der Waals surface area contributed by atoms with Crippen LogP contribution in [0.5, 0.6) is 0 Å². The number of anilines is 1.